The van der Waals surface area contributed by atoms with Crippen LogP contribution in [-0.2, 0) is 4.79 Å². The number of hydrogen-bond acceptors (Lipinski definition) is 5. The number of nitrogens with zero attached hydrogens (tertiary/aromatic N) is 3. The molecule has 2 atom stereocenters. The Hall–Kier alpha value is -3.09. The predicted molar refractivity (Wildman–Crippen MR) is 115 cm³/mol. The van der Waals surface area contributed by atoms with Gasteiger partial charge in [0.2, 0.25) is 0 Å². The van der Waals surface area contributed by atoms with Crippen LogP contribution in [0.4, 0.5) is 0 Å². The molecule has 0 bridgehead atoms. The number of hydrazine groups is 1. The number of aliphatic hydroxyl groups is 2. The van der Waals surface area contributed by atoms with Crippen molar-refractivity contribution in [2.75, 3.05) is 13.1 Å². The van der Waals surface area contributed by atoms with Crippen LogP contribution in [0.5, 0.6) is 0 Å². The molecule has 0 spiro atoms. The van der Waals surface area contributed by atoms with Crippen molar-refractivity contribution in [2.24, 2.45) is 0 Å². The molecular formula is C24H27N3O3. The summed E-state index contributed by atoms with van der Waals surface area (Å²) in [5.41, 5.74) is 2.35. The third-order valence-corrected chi connectivity index (χ3v) is 5.79. The Balaban J connectivity index is 1.93. The van der Waals surface area contributed by atoms with Gasteiger partial charge < -0.3 is 15.1 Å². The second kappa shape index (κ2) is 8.34. The highest BCUT2D eigenvalue weighted by molar-refractivity contribution is 5.94. The van der Waals surface area contributed by atoms with E-state index in [1.807, 2.05) is 60.2 Å². The molecule has 2 aromatic rings. The van der Waals surface area contributed by atoms with Crippen LogP contribution in [0.25, 0.3) is 0 Å². The second-order valence-electron chi connectivity index (χ2n) is 7.42. The summed E-state index contributed by atoms with van der Waals surface area (Å²) < 4.78 is 0. The van der Waals surface area contributed by atoms with E-state index in [1.54, 1.807) is 11.2 Å². The average molecular weight is 405 g/mol. The van der Waals surface area contributed by atoms with Gasteiger partial charge in [0.05, 0.1) is 0 Å². The molecule has 2 N–H and O–H groups in total. The maximum Gasteiger partial charge on any atom is 0.288 e. The van der Waals surface area contributed by atoms with Crippen molar-refractivity contribution in [1.82, 2.24) is 14.9 Å². The highest BCUT2D eigenvalue weighted by atomic mass is 16.3. The zero-order valence-corrected chi connectivity index (χ0v) is 17.2. The maximum atomic E-state index is 13.2. The molecule has 0 saturated carbocycles. The number of carbonyl (C=O) groups is 1. The summed E-state index contributed by atoms with van der Waals surface area (Å²) in [6.45, 7) is 5.01. The van der Waals surface area contributed by atoms with Crippen LogP contribution in [0.3, 0.4) is 0 Å². The van der Waals surface area contributed by atoms with E-state index in [0.29, 0.717) is 13.1 Å². The van der Waals surface area contributed by atoms with Crippen LogP contribution in [0.15, 0.2) is 84.4 Å². The monoisotopic (exact) mass is 405 g/mol. The van der Waals surface area contributed by atoms with Gasteiger partial charge in [0.15, 0.2) is 11.5 Å². The minimum Gasteiger partial charge on any atom is -0.507 e. The van der Waals surface area contributed by atoms with Crippen LogP contribution in [0.1, 0.15) is 30.9 Å². The molecule has 2 aliphatic rings. The fourth-order valence-electron chi connectivity index (χ4n) is 4.45. The Morgan fingerprint density at radius 1 is 0.933 bits per heavy atom. The van der Waals surface area contributed by atoms with Gasteiger partial charge in [-0.05, 0) is 24.1 Å². The third-order valence-electron chi connectivity index (χ3n) is 5.79. The first-order chi connectivity index (χ1) is 14.6. The van der Waals surface area contributed by atoms with Gasteiger partial charge in [-0.2, -0.15) is 5.01 Å². The SMILES string of the molecule is CCN1C(=O)C2=C(O)C(O)C=CN2C(C(c2ccccc2)c2ccccc2)N1CC. The molecule has 6 heteroatoms. The van der Waals surface area contributed by atoms with Crippen LogP contribution >= 0.6 is 0 Å². The average Bonchev–Trinajstić information content (AvgIpc) is 2.78. The summed E-state index contributed by atoms with van der Waals surface area (Å²) in [5.74, 6) is -0.713. The standard InChI is InChI=1S/C24H27N3O3/c1-3-26-23(20(17-11-7-5-8-12-17)18-13-9-6-10-14-18)25-16-15-19(28)22(29)21(25)24(30)27(26)4-2/h5-16,19-20,23,28-29H,3-4H2,1-2H3. The number of fused-ring (bicyclic) bond motifs is 1. The van der Waals surface area contributed by atoms with Gasteiger partial charge >= 0.3 is 0 Å². The summed E-state index contributed by atoms with van der Waals surface area (Å²) in [6.07, 6.45) is 1.76. The van der Waals surface area contributed by atoms with E-state index < -0.39 is 6.10 Å². The molecule has 6 nitrogen and oxygen atoms in total. The molecule has 1 fully saturated rings. The van der Waals surface area contributed by atoms with E-state index in [1.165, 1.54) is 6.08 Å². The van der Waals surface area contributed by atoms with Gasteiger partial charge in [-0.15, -0.1) is 0 Å². The normalized spacial score (nSPS) is 22.1. The van der Waals surface area contributed by atoms with Crippen molar-refractivity contribution in [3.8, 4) is 0 Å². The molecule has 1 amide bonds. The van der Waals surface area contributed by atoms with Crippen molar-refractivity contribution in [1.29, 1.82) is 0 Å². The van der Waals surface area contributed by atoms with Crippen molar-refractivity contribution >= 4 is 5.91 Å². The van der Waals surface area contributed by atoms with Gasteiger partial charge in [0.1, 0.15) is 12.3 Å². The van der Waals surface area contributed by atoms with Crippen molar-refractivity contribution in [3.63, 3.8) is 0 Å². The molecule has 0 radical (unpaired) electrons. The highest BCUT2D eigenvalue weighted by Crippen LogP contribution is 2.40. The van der Waals surface area contributed by atoms with E-state index in [0.717, 1.165) is 11.1 Å². The summed E-state index contributed by atoms with van der Waals surface area (Å²) in [4.78, 5) is 15.0. The molecular weight excluding hydrogens is 378 g/mol. The van der Waals surface area contributed by atoms with Crippen LogP contribution < -0.4 is 0 Å². The van der Waals surface area contributed by atoms with Gasteiger partial charge in [-0.3, -0.25) is 9.80 Å². The predicted octanol–water partition coefficient (Wildman–Crippen LogP) is 3.20. The van der Waals surface area contributed by atoms with Crippen molar-refractivity contribution in [3.05, 3.63) is 95.5 Å². The topological polar surface area (TPSA) is 67.2 Å². The smallest absolute Gasteiger partial charge is 0.288 e. The molecule has 30 heavy (non-hydrogen) atoms. The Morgan fingerprint density at radius 3 is 2.00 bits per heavy atom. The number of rotatable bonds is 5. The maximum absolute atomic E-state index is 13.2. The zero-order chi connectivity index (χ0) is 21.3. The molecule has 4 rings (SSSR count). The first-order valence-electron chi connectivity index (χ1n) is 10.3. The van der Waals surface area contributed by atoms with E-state index in [2.05, 4.69) is 24.3 Å². The molecule has 1 saturated heterocycles. The molecule has 2 heterocycles. The number of likely N-dealkylation sites (N-methyl/N-ethyl adjacent to an activating group) is 2. The van der Waals surface area contributed by atoms with Crippen LogP contribution in [0.2, 0.25) is 0 Å². The lowest BCUT2D eigenvalue weighted by atomic mass is 9.86. The fraction of sp³-hybridized carbons (Fsp3) is 0.292. The number of benzene rings is 2. The van der Waals surface area contributed by atoms with Crippen LogP contribution in [0, 0.1) is 0 Å². The van der Waals surface area contributed by atoms with Crippen LogP contribution in [-0.4, -0.2) is 56.4 Å². The molecule has 2 aliphatic heterocycles. The minimum absolute atomic E-state index is 0.0998. The molecule has 2 unspecified atom stereocenters. The Labute approximate surface area is 176 Å². The van der Waals surface area contributed by atoms with E-state index in [4.69, 9.17) is 0 Å². The lowest BCUT2D eigenvalue weighted by molar-refractivity contribution is -0.171. The third kappa shape index (κ3) is 3.28. The molecule has 0 aliphatic carbocycles. The zero-order valence-electron chi connectivity index (χ0n) is 17.2. The quantitative estimate of drug-likeness (QED) is 0.800. The summed E-state index contributed by atoms with van der Waals surface area (Å²) in [6, 6.07) is 20.4. The number of amides is 1. The Morgan fingerprint density at radius 2 is 1.50 bits per heavy atom. The lowest BCUT2D eigenvalue weighted by Crippen LogP contribution is -2.65. The minimum atomic E-state index is -1.18. The highest BCUT2D eigenvalue weighted by Gasteiger charge is 2.47. The first kappa shape index (κ1) is 20.2. The van der Waals surface area contributed by atoms with Crippen molar-refractivity contribution in [2.45, 2.75) is 32.0 Å². The largest absolute Gasteiger partial charge is 0.507 e. The summed E-state index contributed by atoms with van der Waals surface area (Å²) >= 11 is 0. The molecule has 156 valence electrons. The number of carbonyl (C=O) groups excluding carboxylic acids is 1. The molecule has 0 aromatic heterocycles. The Bertz CT molecular complexity index is 919. The molecule has 2 aromatic carbocycles. The van der Waals surface area contributed by atoms with Gasteiger partial charge in [0, 0.05) is 25.2 Å². The van der Waals surface area contributed by atoms with Gasteiger partial charge in [-0.25, -0.2) is 0 Å². The van der Waals surface area contributed by atoms with E-state index >= 15 is 0 Å². The number of aliphatic hydroxyl groups excluding tert-OH is 2. The Kier molecular flexibility index (Phi) is 5.61. The first-order valence-corrected chi connectivity index (χ1v) is 10.3. The number of hydrogen-bond donors (Lipinski definition) is 2. The second-order valence-corrected chi connectivity index (χ2v) is 7.42. The summed E-state index contributed by atoms with van der Waals surface area (Å²) in [5, 5.41) is 24.5. The van der Waals surface area contributed by atoms with Gasteiger partial charge in [0.25, 0.3) is 5.91 Å². The van der Waals surface area contributed by atoms with Gasteiger partial charge in [-0.1, -0.05) is 67.6 Å². The fourth-order valence-corrected chi connectivity index (χ4v) is 4.45. The summed E-state index contributed by atoms with van der Waals surface area (Å²) in [7, 11) is 0. The van der Waals surface area contributed by atoms with E-state index in [-0.39, 0.29) is 29.4 Å². The van der Waals surface area contributed by atoms with Crippen molar-refractivity contribution < 1.29 is 15.0 Å². The van der Waals surface area contributed by atoms with E-state index in [9.17, 15) is 15.0 Å². The lowest BCUT2D eigenvalue weighted by Gasteiger charge is -2.53.